The van der Waals surface area contributed by atoms with E-state index >= 15 is 0 Å². The Hall–Kier alpha value is -1.58. The average molecular weight is 165 g/mol. The third-order valence-electron chi connectivity index (χ3n) is 1.39. The molecule has 0 aromatic rings. The van der Waals surface area contributed by atoms with E-state index in [0.29, 0.717) is 13.0 Å². The van der Waals surface area contributed by atoms with E-state index in [2.05, 4.69) is 4.99 Å². The van der Waals surface area contributed by atoms with Crippen LogP contribution in [0, 0.1) is 0 Å². The van der Waals surface area contributed by atoms with Crippen molar-refractivity contribution in [2.24, 2.45) is 10.7 Å². The number of carbonyl (C=O) groups excluding carboxylic acids is 1. The predicted octanol–water partition coefficient (Wildman–Crippen LogP) is 0.233. The molecule has 4 heteroatoms. The number of primary amides is 1. The molecule has 0 bridgehead atoms. The van der Waals surface area contributed by atoms with Crippen molar-refractivity contribution in [1.82, 2.24) is 4.90 Å². The fraction of sp³-hybridized carbons (Fsp3) is 0.250. The van der Waals surface area contributed by atoms with Gasteiger partial charge in [0.2, 0.25) is 5.91 Å². The lowest BCUT2D eigenvalue weighted by atomic mass is 10.4. The van der Waals surface area contributed by atoms with Crippen LogP contribution in [0.3, 0.4) is 0 Å². The summed E-state index contributed by atoms with van der Waals surface area (Å²) in [7, 11) is 0. The molecule has 0 saturated heterocycles. The molecule has 4 nitrogen and oxygen atoms in total. The molecule has 1 aliphatic rings. The summed E-state index contributed by atoms with van der Waals surface area (Å²) in [4.78, 5) is 16.2. The highest BCUT2D eigenvalue weighted by Crippen LogP contribution is 1.94. The van der Waals surface area contributed by atoms with Gasteiger partial charge in [0.1, 0.15) is 0 Å². The van der Waals surface area contributed by atoms with Gasteiger partial charge in [0.05, 0.1) is 6.34 Å². The van der Waals surface area contributed by atoms with Gasteiger partial charge >= 0.3 is 0 Å². The van der Waals surface area contributed by atoms with Crippen LogP contribution in [0.5, 0.6) is 0 Å². The Balaban J connectivity index is 2.37. The molecule has 0 aliphatic carbocycles. The lowest BCUT2D eigenvalue weighted by molar-refractivity contribution is -0.118. The zero-order valence-electron chi connectivity index (χ0n) is 6.68. The summed E-state index contributed by atoms with van der Waals surface area (Å²) in [5.74, 6) is -0.297. The number of aliphatic imine (C=N–C) groups is 1. The first-order valence-corrected chi connectivity index (χ1v) is 3.70. The molecule has 0 saturated carbocycles. The number of rotatable bonds is 3. The first-order valence-electron chi connectivity index (χ1n) is 3.70. The molecular weight excluding hydrogens is 154 g/mol. The maximum Gasteiger partial charge on any atom is 0.219 e. The van der Waals surface area contributed by atoms with Crippen LogP contribution in [0.4, 0.5) is 0 Å². The van der Waals surface area contributed by atoms with Gasteiger partial charge in [-0.1, -0.05) is 0 Å². The fourth-order valence-electron chi connectivity index (χ4n) is 0.794. The molecule has 0 unspecified atom stereocenters. The van der Waals surface area contributed by atoms with E-state index in [9.17, 15) is 4.79 Å². The zero-order chi connectivity index (χ0) is 8.81. The van der Waals surface area contributed by atoms with Gasteiger partial charge in [-0.25, -0.2) is 4.99 Å². The van der Waals surface area contributed by atoms with Gasteiger partial charge in [-0.15, -0.1) is 0 Å². The second-order valence-corrected chi connectivity index (χ2v) is 2.40. The van der Waals surface area contributed by atoms with Crippen molar-refractivity contribution in [3.8, 4) is 0 Å². The first-order chi connectivity index (χ1) is 5.79. The molecule has 12 heavy (non-hydrogen) atoms. The van der Waals surface area contributed by atoms with E-state index in [1.54, 1.807) is 12.5 Å². The molecule has 2 N–H and O–H groups in total. The van der Waals surface area contributed by atoms with Crippen molar-refractivity contribution in [1.29, 1.82) is 0 Å². The standard InChI is InChI=1S/C8H11N3O/c9-8(12)3-6-11-5-2-1-4-10-7-11/h1-2,4-5,7H,3,6H2,(H2,9,12). The predicted molar refractivity (Wildman–Crippen MR) is 47.3 cm³/mol. The highest BCUT2D eigenvalue weighted by Gasteiger charge is 1.98. The van der Waals surface area contributed by atoms with Crippen LogP contribution in [-0.2, 0) is 4.79 Å². The summed E-state index contributed by atoms with van der Waals surface area (Å²) in [5.41, 5.74) is 5.00. The Morgan fingerprint density at radius 2 is 2.33 bits per heavy atom. The number of amides is 1. The summed E-state index contributed by atoms with van der Waals surface area (Å²) in [5, 5.41) is 0. The number of nitrogens with two attached hydrogens (primary N) is 1. The molecule has 1 aliphatic heterocycles. The van der Waals surface area contributed by atoms with Crippen molar-refractivity contribution < 1.29 is 4.79 Å². The van der Waals surface area contributed by atoms with Gasteiger partial charge in [-0.3, -0.25) is 4.79 Å². The number of hydrogen-bond donors (Lipinski definition) is 1. The highest BCUT2D eigenvalue weighted by molar-refractivity contribution is 5.74. The maximum atomic E-state index is 10.4. The normalized spacial score (nSPS) is 14.8. The summed E-state index contributed by atoms with van der Waals surface area (Å²) in [6.07, 6.45) is 9.20. The first kappa shape index (κ1) is 8.52. The van der Waals surface area contributed by atoms with Crippen molar-refractivity contribution in [3.63, 3.8) is 0 Å². The van der Waals surface area contributed by atoms with E-state index in [4.69, 9.17) is 5.73 Å². The van der Waals surface area contributed by atoms with Crippen LogP contribution < -0.4 is 5.73 Å². The van der Waals surface area contributed by atoms with E-state index < -0.39 is 0 Å². The van der Waals surface area contributed by atoms with Gasteiger partial charge in [-0.2, -0.15) is 0 Å². The van der Waals surface area contributed by atoms with Gasteiger partial charge in [-0.05, 0) is 12.2 Å². The third kappa shape index (κ3) is 3.01. The lowest BCUT2D eigenvalue weighted by Crippen LogP contribution is -2.22. The Kier molecular flexibility index (Phi) is 3.07. The molecule has 64 valence electrons. The Bertz CT molecular complexity index is 227. The molecule has 0 radical (unpaired) electrons. The molecule has 0 atom stereocenters. The monoisotopic (exact) mass is 165 g/mol. The van der Waals surface area contributed by atoms with Crippen LogP contribution in [0.15, 0.2) is 29.5 Å². The van der Waals surface area contributed by atoms with Gasteiger partial charge in [0.25, 0.3) is 0 Å². The summed E-state index contributed by atoms with van der Waals surface area (Å²) in [6, 6.07) is 0. The minimum atomic E-state index is -0.297. The SMILES string of the molecule is NC(=O)CCN1C=CC=CN=C1. The Morgan fingerprint density at radius 3 is 3.08 bits per heavy atom. The topological polar surface area (TPSA) is 58.7 Å². The second kappa shape index (κ2) is 4.33. The van der Waals surface area contributed by atoms with Crippen molar-refractivity contribution in [3.05, 3.63) is 24.6 Å². The maximum absolute atomic E-state index is 10.4. The second-order valence-electron chi connectivity index (χ2n) is 2.40. The van der Waals surface area contributed by atoms with Crippen molar-refractivity contribution in [2.45, 2.75) is 6.42 Å². The number of nitrogens with zero attached hydrogens (tertiary/aromatic N) is 2. The molecular formula is C8H11N3O. The van der Waals surface area contributed by atoms with Gasteiger partial charge < -0.3 is 10.6 Å². The molecule has 0 fully saturated rings. The molecule has 0 aromatic carbocycles. The van der Waals surface area contributed by atoms with E-state index in [1.807, 2.05) is 23.3 Å². The molecule has 0 spiro atoms. The minimum absolute atomic E-state index is 0.297. The largest absolute Gasteiger partial charge is 0.370 e. The van der Waals surface area contributed by atoms with Crippen LogP contribution in [0.2, 0.25) is 0 Å². The number of allylic oxidation sites excluding steroid dienone is 2. The summed E-state index contributed by atoms with van der Waals surface area (Å²) >= 11 is 0. The Morgan fingerprint density at radius 1 is 1.50 bits per heavy atom. The van der Waals surface area contributed by atoms with E-state index in [0.717, 1.165) is 0 Å². The van der Waals surface area contributed by atoms with Gasteiger partial charge in [0, 0.05) is 25.4 Å². The van der Waals surface area contributed by atoms with Crippen LogP contribution >= 0.6 is 0 Å². The van der Waals surface area contributed by atoms with E-state index in [-0.39, 0.29) is 5.91 Å². The summed E-state index contributed by atoms with van der Waals surface area (Å²) < 4.78 is 0. The highest BCUT2D eigenvalue weighted by atomic mass is 16.1. The average Bonchev–Trinajstić information content (AvgIpc) is 2.28. The lowest BCUT2D eigenvalue weighted by Gasteiger charge is -2.11. The quantitative estimate of drug-likeness (QED) is 0.651. The van der Waals surface area contributed by atoms with Crippen LogP contribution in [-0.4, -0.2) is 23.7 Å². The summed E-state index contributed by atoms with van der Waals surface area (Å²) in [6.45, 7) is 0.580. The van der Waals surface area contributed by atoms with Crippen molar-refractivity contribution >= 4 is 12.2 Å². The van der Waals surface area contributed by atoms with Gasteiger partial charge in [0.15, 0.2) is 0 Å². The smallest absolute Gasteiger partial charge is 0.219 e. The molecule has 1 amide bonds. The van der Waals surface area contributed by atoms with Crippen molar-refractivity contribution in [2.75, 3.05) is 6.54 Å². The third-order valence-corrected chi connectivity index (χ3v) is 1.39. The zero-order valence-corrected chi connectivity index (χ0v) is 6.68. The Labute approximate surface area is 71.1 Å². The van der Waals surface area contributed by atoms with E-state index in [1.165, 1.54) is 0 Å². The molecule has 1 heterocycles. The fourth-order valence-corrected chi connectivity index (χ4v) is 0.794. The minimum Gasteiger partial charge on any atom is -0.370 e. The molecule has 1 rings (SSSR count). The van der Waals surface area contributed by atoms with Crippen LogP contribution in [0.1, 0.15) is 6.42 Å². The molecule has 0 aromatic heterocycles. The number of hydrogen-bond acceptors (Lipinski definition) is 3. The number of carbonyl (C=O) groups is 1. The van der Waals surface area contributed by atoms with Crippen LogP contribution in [0.25, 0.3) is 0 Å².